The number of benzene rings is 1. The Morgan fingerprint density at radius 1 is 1.18 bits per heavy atom. The van der Waals surface area contributed by atoms with Crippen LogP contribution in [-0.2, 0) is 0 Å². The molecule has 0 aliphatic rings. The molecule has 3 aromatic heterocycles. The van der Waals surface area contributed by atoms with Gasteiger partial charge in [0.15, 0.2) is 0 Å². The number of thiophene rings is 1. The minimum atomic E-state index is 0.129. The van der Waals surface area contributed by atoms with Crippen LogP contribution in [0.5, 0.6) is 11.5 Å². The third-order valence-electron chi connectivity index (χ3n) is 3.88. The molecule has 0 spiro atoms. The van der Waals surface area contributed by atoms with Crippen LogP contribution in [0.4, 0.5) is 5.69 Å². The number of hydrogen-bond acceptors (Lipinski definition) is 7. The Labute approximate surface area is 169 Å². The van der Waals surface area contributed by atoms with E-state index in [1.165, 1.54) is 11.3 Å². The van der Waals surface area contributed by atoms with Gasteiger partial charge in [-0.2, -0.15) is 5.10 Å². The highest BCUT2D eigenvalue weighted by atomic mass is 32.1. The van der Waals surface area contributed by atoms with Crippen LogP contribution in [0.25, 0.3) is 10.6 Å². The van der Waals surface area contributed by atoms with Crippen LogP contribution in [0.15, 0.2) is 75.7 Å². The summed E-state index contributed by atoms with van der Waals surface area (Å²) in [6.45, 7) is 0. The van der Waals surface area contributed by atoms with Crippen LogP contribution in [0.3, 0.4) is 0 Å². The highest BCUT2D eigenvalue weighted by Crippen LogP contribution is 2.26. The number of phenols is 1. The van der Waals surface area contributed by atoms with Crippen molar-refractivity contribution >= 4 is 34.6 Å². The van der Waals surface area contributed by atoms with E-state index in [0.717, 1.165) is 16.3 Å². The lowest BCUT2D eigenvalue weighted by Gasteiger charge is -2.04. The fourth-order valence-electron chi connectivity index (χ4n) is 2.50. The standard InChI is InChI=1S/C20H16N4O2S2/c1-26-16-6-7-18(25)14(10-16)11-22-24-17(19-5-3-9-27-19)13-28-20(24)23-15-4-2-8-21-12-15/h2-13,25H,1H3. The SMILES string of the molecule is COc1ccc(O)c(C=Nn2c(-c3cccs3)csc2=Nc2cccnc2)c1. The molecule has 0 radical (unpaired) electrons. The molecular formula is C20H16N4O2S2. The molecule has 0 saturated carbocycles. The molecule has 140 valence electrons. The highest BCUT2D eigenvalue weighted by Gasteiger charge is 2.09. The van der Waals surface area contributed by atoms with E-state index in [2.05, 4.69) is 15.1 Å². The number of methoxy groups -OCH3 is 1. The van der Waals surface area contributed by atoms with Crippen molar-refractivity contribution in [2.24, 2.45) is 10.1 Å². The van der Waals surface area contributed by atoms with Crippen molar-refractivity contribution in [1.82, 2.24) is 9.66 Å². The number of aromatic hydroxyl groups is 1. The number of pyridine rings is 1. The second-order valence-corrected chi connectivity index (χ2v) is 7.47. The Morgan fingerprint density at radius 2 is 2.11 bits per heavy atom. The molecule has 0 bridgehead atoms. The topological polar surface area (TPSA) is 72.0 Å². The zero-order valence-corrected chi connectivity index (χ0v) is 16.5. The van der Waals surface area contributed by atoms with Crippen molar-refractivity contribution in [2.75, 3.05) is 7.11 Å². The summed E-state index contributed by atoms with van der Waals surface area (Å²) < 4.78 is 7.00. The summed E-state index contributed by atoms with van der Waals surface area (Å²) in [5.74, 6) is 0.775. The molecule has 6 nitrogen and oxygen atoms in total. The van der Waals surface area contributed by atoms with Gasteiger partial charge < -0.3 is 9.84 Å². The maximum atomic E-state index is 10.1. The predicted octanol–water partition coefficient (Wildman–Crippen LogP) is 4.50. The van der Waals surface area contributed by atoms with E-state index in [4.69, 9.17) is 4.74 Å². The summed E-state index contributed by atoms with van der Waals surface area (Å²) in [6.07, 6.45) is 5.01. The molecule has 0 amide bonds. The Kier molecular flexibility index (Phi) is 5.31. The first-order chi connectivity index (χ1) is 13.7. The molecule has 0 aliphatic heterocycles. The second-order valence-electron chi connectivity index (χ2n) is 5.68. The van der Waals surface area contributed by atoms with E-state index in [1.807, 2.05) is 35.0 Å². The molecule has 3 heterocycles. The van der Waals surface area contributed by atoms with Crippen molar-refractivity contribution in [1.29, 1.82) is 0 Å². The average molecular weight is 409 g/mol. The van der Waals surface area contributed by atoms with E-state index >= 15 is 0 Å². The summed E-state index contributed by atoms with van der Waals surface area (Å²) in [6, 6.07) is 12.8. The van der Waals surface area contributed by atoms with E-state index in [0.29, 0.717) is 16.1 Å². The molecule has 1 N–H and O–H groups in total. The van der Waals surface area contributed by atoms with E-state index in [-0.39, 0.29) is 5.75 Å². The van der Waals surface area contributed by atoms with Crippen LogP contribution in [0.2, 0.25) is 0 Å². The van der Waals surface area contributed by atoms with Gasteiger partial charge in [0, 0.05) is 17.1 Å². The number of nitrogens with zero attached hydrogens (tertiary/aromatic N) is 4. The van der Waals surface area contributed by atoms with Crippen molar-refractivity contribution in [3.8, 4) is 22.1 Å². The first-order valence-electron chi connectivity index (χ1n) is 8.35. The number of aromatic nitrogens is 2. The van der Waals surface area contributed by atoms with Crippen molar-refractivity contribution in [3.05, 3.63) is 76.0 Å². The van der Waals surface area contributed by atoms with Gasteiger partial charge in [-0.05, 0) is 41.8 Å². The minimum absolute atomic E-state index is 0.129. The van der Waals surface area contributed by atoms with E-state index in [1.54, 1.807) is 59.9 Å². The van der Waals surface area contributed by atoms with Crippen molar-refractivity contribution in [3.63, 3.8) is 0 Å². The number of thiazole rings is 1. The number of rotatable bonds is 5. The lowest BCUT2D eigenvalue weighted by Crippen LogP contribution is -2.11. The third-order valence-corrected chi connectivity index (χ3v) is 5.59. The third kappa shape index (κ3) is 3.88. The maximum Gasteiger partial charge on any atom is 0.211 e. The molecule has 0 unspecified atom stereocenters. The van der Waals surface area contributed by atoms with Crippen LogP contribution < -0.4 is 9.54 Å². The summed E-state index contributed by atoms with van der Waals surface area (Å²) in [7, 11) is 1.58. The van der Waals surface area contributed by atoms with Crippen LogP contribution in [-0.4, -0.2) is 28.1 Å². The number of phenolic OH excluding ortho intramolecular Hbond substituents is 1. The van der Waals surface area contributed by atoms with Crippen molar-refractivity contribution in [2.45, 2.75) is 0 Å². The van der Waals surface area contributed by atoms with Crippen molar-refractivity contribution < 1.29 is 9.84 Å². The monoisotopic (exact) mass is 408 g/mol. The summed E-state index contributed by atoms with van der Waals surface area (Å²) in [4.78, 5) is 10.6. The van der Waals surface area contributed by atoms with Gasteiger partial charge in [-0.15, -0.1) is 22.7 Å². The second kappa shape index (κ2) is 8.20. The molecule has 0 atom stereocenters. The average Bonchev–Trinajstić information content (AvgIpc) is 3.38. The van der Waals surface area contributed by atoms with Crippen LogP contribution in [0.1, 0.15) is 5.56 Å². The fourth-order valence-corrected chi connectivity index (χ4v) is 4.15. The van der Waals surface area contributed by atoms with Gasteiger partial charge in [0.25, 0.3) is 0 Å². The Hall–Kier alpha value is -3.23. The molecule has 1 aromatic carbocycles. The first kappa shape index (κ1) is 18.1. The van der Waals surface area contributed by atoms with Gasteiger partial charge in [-0.1, -0.05) is 6.07 Å². The highest BCUT2D eigenvalue weighted by molar-refractivity contribution is 7.14. The zero-order chi connectivity index (χ0) is 19.3. The Bertz CT molecular complexity index is 1160. The number of ether oxygens (including phenoxy) is 1. The van der Waals surface area contributed by atoms with Gasteiger partial charge >= 0.3 is 0 Å². The molecular weight excluding hydrogens is 392 g/mol. The molecule has 0 saturated heterocycles. The minimum Gasteiger partial charge on any atom is -0.507 e. The molecule has 8 heteroatoms. The quantitative estimate of drug-likeness (QED) is 0.494. The van der Waals surface area contributed by atoms with Gasteiger partial charge in [-0.25, -0.2) is 9.67 Å². The molecule has 0 aliphatic carbocycles. The Morgan fingerprint density at radius 3 is 2.86 bits per heavy atom. The van der Waals surface area contributed by atoms with Gasteiger partial charge in [0.2, 0.25) is 4.80 Å². The normalized spacial score (nSPS) is 12.0. The smallest absolute Gasteiger partial charge is 0.211 e. The van der Waals surface area contributed by atoms with Gasteiger partial charge in [0.05, 0.1) is 35.8 Å². The fraction of sp³-hybridized carbons (Fsp3) is 0.0500. The van der Waals surface area contributed by atoms with Gasteiger partial charge in [0.1, 0.15) is 11.5 Å². The predicted molar refractivity (Wildman–Crippen MR) is 113 cm³/mol. The summed E-state index contributed by atoms with van der Waals surface area (Å²) in [5, 5.41) is 18.8. The lowest BCUT2D eigenvalue weighted by molar-refractivity contribution is 0.412. The van der Waals surface area contributed by atoms with E-state index < -0.39 is 0 Å². The number of hydrogen-bond donors (Lipinski definition) is 1. The summed E-state index contributed by atoms with van der Waals surface area (Å²) >= 11 is 3.12. The first-order valence-corrected chi connectivity index (χ1v) is 10.1. The lowest BCUT2D eigenvalue weighted by atomic mass is 10.2. The Balaban J connectivity index is 1.82. The van der Waals surface area contributed by atoms with Gasteiger partial charge in [-0.3, -0.25) is 4.98 Å². The molecule has 4 aromatic rings. The van der Waals surface area contributed by atoms with Crippen LogP contribution >= 0.6 is 22.7 Å². The zero-order valence-electron chi connectivity index (χ0n) is 14.9. The largest absolute Gasteiger partial charge is 0.507 e. The molecule has 4 rings (SSSR count). The maximum absolute atomic E-state index is 10.1. The van der Waals surface area contributed by atoms with E-state index in [9.17, 15) is 5.11 Å². The van der Waals surface area contributed by atoms with Crippen LogP contribution in [0, 0.1) is 0 Å². The molecule has 28 heavy (non-hydrogen) atoms. The molecule has 0 fully saturated rings. The summed E-state index contributed by atoms with van der Waals surface area (Å²) in [5.41, 5.74) is 2.24.